The first-order valence-electron chi connectivity index (χ1n) is 10.2. The van der Waals surface area contributed by atoms with E-state index in [1.165, 1.54) is 18.5 Å². The lowest BCUT2D eigenvalue weighted by molar-refractivity contribution is -0.136. The lowest BCUT2D eigenvalue weighted by Gasteiger charge is -2.40. The summed E-state index contributed by atoms with van der Waals surface area (Å²) in [6.07, 6.45) is 4.83. The number of carbonyl (C=O) groups is 1. The van der Waals surface area contributed by atoms with Crippen molar-refractivity contribution in [2.75, 3.05) is 50.8 Å². The first kappa shape index (κ1) is 19.0. The summed E-state index contributed by atoms with van der Waals surface area (Å²) in [6, 6.07) is 8.24. The molecule has 1 aromatic carbocycles. The topological polar surface area (TPSA) is 36.0 Å². The smallest absolute Gasteiger partial charge is 0.239 e. The number of para-hydroxylation sites is 2. The molecular weight excluding hydrogens is 326 g/mol. The molecule has 0 N–H and O–H groups in total. The Balaban J connectivity index is 1.57. The number of carbonyl (C=O) groups excluding carboxylic acids is 1. The Morgan fingerprint density at radius 1 is 1.00 bits per heavy atom. The Morgan fingerprint density at radius 3 is 2.31 bits per heavy atom. The SMILES string of the molecule is CCOc1ccccc1N1CCN(C(C)C(=O)N2CCCCCC2)CC1. The molecule has 0 saturated carbocycles. The summed E-state index contributed by atoms with van der Waals surface area (Å²) in [7, 11) is 0. The molecule has 0 radical (unpaired) electrons. The van der Waals surface area contributed by atoms with Gasteiger partial charge in [-0.3, -0.25) is 9.69 Å². The van der Waals surface area contributed by atoms with Crippen LogP contribution in [-0.2, 0) is 4.79 Å². The second kappa shape index (κ2) is 9.26. The minimum Gasteiger partial charge on any atom is -0.492 e. The molecule has 0 aromatic heterocycles. The van der Waals surface area contributed by atoms with Gasteiger partial charge in [-0.2, -0.15) is 0 Å². The lowest BCUT2D eigenvalue weighted by Crippen LogP contribution is -2.54. The zero-order valence-electron chi connectivity index (χ0n) is 16.3. The van der Waals surface area contributed by atoms with Crippen LogP contribution in [0.25, 0.3) is 0 Å². The summed E-state index contributed by atoms with van der Waals surface area (Å²) in [5, 5.41) is 0. The molecule has 1 aromatic rings. The quantitative estimate of drug-likeness (QED) is 0.810. The number of nitrogens with zero attached hydrogens (tertiary/aromatic N) is 3. The second-order valence-corrected chi connectivity index (χ2v) is 7.34. The first-order valence-corrected chi connectivity index (χ1v) is 10.2. The van der Waals surface area contributed by atoms with Gasteiger partial charge in [0, 0.05) is 39.3 Å². The van der Waals surface area contributed by atoms with Crippen molar-refractivity contribution < 1.29 is 9.53 Å². The van der Waals surface area contributed by atoms with Crippen LogP contribution in [0, 0.1) is 0 Å². The van der Waals surface area contributed by atoms with Crippen molar-refractivity contribution in [2.24, 2.45) is 0 Å². The molecule has 3 rings (SSSR count). The fourth-order valence-corrected chi connectivity index (χ4v) is 4.06. The minimum absolute atomic E-state index is 0.0163. The standard InChI is InChI=1S/C21H33N3O2/c1-3-26-20-11-7-6-10-19(20)23-16-14-22(15-17-23)18(2)21(25)24-12-8-4-5-9-13-24/h6-7,10-11,18H,3-5,8-9,12-17H2,1-2H3. The number of benzene rings is 1. The molecule has 1 unspecified atom stereocenters. The molecule has 5 nitrogen and oxygen atoms in total. The normalized spacial score (nSPS) is 20.5. The van der Waals surface area contributed by atoms with Crippen molar-refractivity contribution in [1.82, 2.24) is 9.80 Å². The molecule has 0 spiro atoms. The molecule has 144 valence electrons. The number of hydrogen-bond acceptors (Lipinski definition) is 4. The number of amides is 1. The van der Waals surface area contributed by atoms with Crippen LogP contribution < -0.4 is 9.64 Å². The fourth-order valence-electron chi connectivity index (χ4n) is 4.06. The molecule has 0 aliphatic carbocycles. The van der Waals surface area contributed by atoms with Crippen molar-refractivity contribution in [3.05, 3.63) is 24.3 Å². The molecular formula is C21H33N3O2. The van der Waals surface area contributed by atoms with Crippen molar-refractivity contribution in [3.8, 4) is 5.75 Å². The molecule has 5 heteroatoms. The zero-order valence-corrected chi connectivity index (χ0v) is 16.3. The number of ether oxygens (including phenoxy) is 1. The van der Waals surface area contributed by atoms with E-state index in [1.54, 1.807) is 0 Å². The van der Waals surface area contributed by atoms with Crippen molar-refractivity contribution in [1.29, 1.82) is 0 Å². The summed E-state index contributed by atoms with van der Waals surface area (Å²) in [5.41, 5.74) is 1.17. The molecule has 1 atom stereocenters. The second-order valence-electron chi connectivity index (χ2n) is 7.34. The van der Waals surface area contributed by atoms with Crippen molar-refractivity contribution in [3.63, 3.8) is 0 Å². The molecule has 2 aliphatic rings. The Kier molecular flexibility index (Phi) is 6.78. The maximum atomic E-state index is 12.9. The highest BCUT2D eigenvalue weighted by Gasteiger charge is 2.29. The zero-order chi connectivity index (χ0) is 18.4. The number of hydrogen-bond donors (Lipinski definition) is 0. The molecule has 2 fully saturated rings. The van der Waals surface area contributed by atoms with Crippen LogP contribution in [0.15, 0.2) is 24.3 Å². The predicted molar refractivity (Wildman–Crippen MR) is 106 cm³/mol. The predicted octanol–water partition coefficient (Wildman–Crippen LogP) is 3.00. The van der Waals surface area contributed by atoms with Gasteiger partial charge in [-0.1, -0.05) is 25.0 Å². The number of rotatable bonds is 5. The summed E-state index contributed by atoms with van der Waals surface area (Å²) in [4.78, 5) is 19.7. The molecule has 2 saturated heterocycles. The van der Waals surface area contributed by atoms with E-state index in [2.05, 4.69) is 33.8 Å². The highest BCUT2D eigenvalue weighted by Crippen LogP contribution is 2.29. The van der Waals surface area contributed by atoms with Crippen LogP contribution in [0.1, 0.15) is 39.5 Å². The van der Waals surface area contributed by atoms with Gasteiger partial charge in [0.05, 0.1) is 18.3 Å². The van der Waals surface area contributed by atoms with Gasteiger partial charge in [-0.25, -0.2) is 0 Å². The van der Waals surface area contributed by atoms with Gasteiger partial charge in [-0.15, -0.1) is 0 Å². The van der Waals surface area contributed by atoms with Crippen molar-refractivity contribution in [2.45, 2.75) is 45.6 Å². The average Bonchev–Trinajstić information content (AvgIpc) is 2.97. The van der Waals surface area contributed by atoms with Gasteiger partial charge in [0.15, 0.2) is 0 Å². The third-order valence-corrected chi connectivity index (χ3v) is 5.64. The molecule has 2 heterocycles. The molecule has 0 bridgehead atoms. The van der Waals surface area contributed by atoms with E-state index in [4.69, 9.17) is 4.74 Å². The summed E-state index contributed by atoms with van der Waals surface area (Å²) in [5.74, 6) is 1.27. The average molecular weight is 360 g/mol. The van der Waals surface area contributed by atoms with Crippen LogP contribution in [0.5, 0.6) is 5.75 Å². The van der Waals surface area contributed by atoms with E-state index in [-0.39, 0.29) is 6.04 Å². The van der Waals surface area contributed by atoms with E-state index in [1.807, 2.05) is 19.1 Å². The van der Waals surface area contributed by atoms with Gasteiger partial charge < -0.3 is 14.5 Å². The Morgan fingerprint density at radius 2 is 1.65 bits per heavy atom. The van der Waals surface area contributed by atoms with Crippen LogP contribution in [0.3, 0.4) is 0 Å². The Hall–Kier alpha value is -1.75. The summed E-state index contributed by atoms with van der Waals surface area (Å²) < 4.78 is 5.78. The Labute approximate surface area is 157 Å². The van der Waals surface area contributed by atoms with Gasteiger partial charge in [0.25, 0.3) is 0 Å². The van der Waals surface area contributed by atoms with Crippen LogP contribution in [0.4, 0.5) is 5.69 Å². The molecule has 2 aliphatic heterocycles. The summed E-state index contributed by atoms with van der Waals surface area (Å²) in [6.45, 7) is 10.3. The van der Waals surface area contributed by atoms with Gasteiger partial charge in [-0.05, 0) is 38.8 Å². The van der Waals surface area contributed by atoms with E-state index >= 15 is 0 Å². The first-order chi connectivity index (χ1) is 12.7. The van der Waals surface area contributed by atoms with E-state index in [9.17, 15) is 4.79 Å². The van der Waals surface area contributed by atoms with Crippen molar-refractivity contribution >= 4 is 11.6 Å². The number of likely N-dealkylation sites (tertiary alicyclic amines) is 1. The highest BCUT2D eigenvalue weighted by atomic mass is 16.5. The molecule has 26 heavy (non-hydrogen) atoms. The number of piperazine rings is 1. The third-order valence-electron chi connectivity index (χ3n) is 5.64. The lowest BCUT2D eigenvalue weighted by atomic mass is 10.1. The van der Waals surface area contributed by atoms with Gasteiger partial charge >= 0.3 is 0 Å². The maximum absolute atomic E-state index is 12.9. The maximum Gasteiger partial charge on any atom is 0.239 e. The Bertz CT molecular complexity index is 576. The fraction of sp³-hybridized carbons (Fsp3) is 0.667. The van der Waals surface area contributed by atoms with E-state index in [0.717, 1.165) is 57.9 Å². The molecule has 1 amide bonds. The largest absolute Gasteiger partial charge is 0.492 e. The van der Waals surface area contributed by atoms with Crippen LogP contribution >= 0.6 is 0 Å². The third kappa shape index (κ3) is 4.50. The van der Waals surface area contributed by atoms with Crippen LogP contribution in [-0.4, -0.2) is 67.6 Å². The van der Waals surface area contributed by atoms with Gasteiger partial charge in [0.2, 0.25) is 5.91 Å². The monoisotopic (exact) mass is 359 g/mol. The minimum atomic E-state index is -0.0163. The van der Waals surface area contributed by atoms with E-state index in [0.29, 0.717) is 12.5 Å². The summed E-state index contributed by atoms with van der Waals surface area (Å²) >= 11 is 0. The number of anilines is 1. The van der Waals surface area contributed by atoms with Crippen LogP contribution in [0.2, 0.25) is 0 Å². The van der Waals surface area contributed by atoms with E-state index < -0.39 is 0 Å². The van der Waals surface area contributed by atoms with Gasteiger partial charge in [0.1, 0.15) is 5.75 Å². The highest BCUT2D eigenvalue weighted by molar-refractivity contribution is 5.81.